The summed E-state index contributed by atoms with van der Waals surface area (Å²) in [5.41, 5.74) is 7.88. The lowest BCUT2D eigenvalue weighted by Gasteiger charge is -2.26. The molecule has 0 amide bonds. The van der Waals surface area contributed by atoms with E-state index in [0.717, 1.165) is 12.1 Å². The molecule has 1 saturated carbocycles. The Balaban J connectivity index is 2.25. The summed E-state index contributed by atoms with van der Waals surface area (Å²) in [5.74, 6) is 0.240. The number of para-hydroxylation sites is 1. The lowest BCUT2D eigenvalue weighted by Crippen LogP contribution is -2.27. The first kappa shape index (κ1) is 14.7. The van der Waals surface area contributed by atoms with Crippen LogP contribution in [-0.2, 0) is 4.74 Å². The number of anilines is 2. The molecule has 4 nitrogen and oxygen atoms in total. The maximum atomic E-state index is 11.9. The zero-order valence-corrected chi connectivity index (χ0v) is 12.3. The van der Waals surface area contributed by atoms with Gasteiger partial charge < -0.3 is 15.8 Å². The molecule has 2 unspecified atom stereocenters. The van der Waals surface area contributed by atoms with E-state index in [4.69, 9.17) is 10.5 Å². The number of nitrogens with two attached hydrogens (primary N) is 1. The number of hydrogen-bond donors (Lipinski definition) is 2. The highest BCUT2D eigenvalue weighted by Gasteiger charge is 2.23. The minimum absolute atomic E-state index is 0.346. The third-order valence-corrected chi connectivity index (χ3v) is 4.19. The summed E-state index contributed by atoms with van der Waals surface area (Å²) in [7, 11) is 1.39. The van der Waals surface area contributed by atoms with Crippen LogP contribution in [0.3, 0.4) is 0 Å². The van der Waals surface area contributed by atoms with E-state index in [1.807, 2.05) is 6.07 Å². The zero-order chi connectivity index (χ0) is 14.5. The molecule has 20 heavy (non-hydrogen) atoms. The van der Waals surface area contributed by atoms with Crippen LogP contribution in [0.25, 0.3) is 0 Å². The Morgan fingerprint density at radius 1 is 1.30 bits per heavy atom. The van der Waals surface area contributed by atoms with Crippen LogP contribution in [0.4, 0.5) is 11.4 Å². The lowest BCUT2D eigenvalue weighted by molar-refractivity contribution is 0.0602. The Bertz CT molecular complexity index is 474. The highest BCUT2D eigenvalue weighted by molar-refractivity contribution is 5.98. The molecule has 4 heteroatoms. The summed E-state index contributed by atoms with van der Waals surface area (Å²) >= 11 is 0. The van der Waals surface area contributed by atoms with Crippen molar-refractivity contribution in [1.82, 2.24) is 0 Å². The van der Waals surface area contributed by atoms with Gasteiger partial charge in [0, 0.05) is 6.04 Å². The van der Waals surface area contributed by atoms with Crippen molar-refractivity contribution >= 4 is 17.3 Å². The van der Waals surface area contributed by atoms with Crippen molar-refractivity contribution in [3.8, 4) is 0 Å². The van der Waals surface area contributed by atoms with Gasteiger partial charge in [0.05, 0.1) is 24.0 Å². The molecule has 0 heterocycles. The van der Waals surface area contributed by atoms with E-state index < -0.39 is 0 Å². The third kappa shape index (κ3) is 3.24. The zero-order valence-electron chi connectivity index (χ0n) is 12.3. The summed E-state index contributed by atoms with van der Waals surface area (Å²) in [4.78, 5) is 11.9. The van der Waals surface area contributed by atoms with Crippen molar-refractivity contribution < 1.29 is 9.53 Å². The van der Waals surface area contributed by atoms with Crippen LogP contribution in [-0.4, -0.2) is 19.1 Å². The molecule has 1 fully saturated rings. The average Bonchev–Trinajstić information content (AvgIpc) is 2.65. The van der Waals surface area contributed by atoms with Gasteiger partial charge in [-0.05, 0) is 30.9 Å². The molecule has 1 aliphatic rings. The van der Waals surface area contributed by atoms with Crippen LogP contribution >= 0.6 is 0 Å². The molecule has 2 atom stereocenters. The fourth-order valence-electron chi connectivity index (χ4n) is 2.90. The van der Waals surface area contributed by atoms with E-state index in [-0.39, 0.29) is 5.97 Å². The van der Waals surface area contributed by atoms with E-state index in [0.29, 0.717) is 23.2 Å². The number of carbonyl (C=O) groups excluding carboxylic acids is 1. The van der Waals surface area contributed by atoms with Crippen molar-refractivity contribution in [1.29, 1.82) is 0 Å². The first-order chi connectivity index (χ1) is 9.63. The molecule has 1 aromatic carbocycles. The second kappa shape index (κ2) is 6.64. The topological polar surface area (TPSA) is 64.3 Å². The molecule has 110 valence electrons. The summed E-state index contributed by atoms with van der Waals surface area (Å²) in [6.07, 6.45) is 6.14. The number of nitrogens with one attached hydrogen (secondary N) is 1. The number of ether oxygens (including phenoxy) is 1. The second-order valence-electron chi connectivity index (χ2n) is 5.63. The summed E-state index contributed by atoms with van der Waals surface area (Å²) in [6, 6.07) is 5.72. The number of benzene rings is 1. The fraction of sp³-hybridized carbons (Fsp3) is 0.562. The van der Waals surface area contributed by atoms with Gasteiger partial charge in [0.1, 0.15) is 0 Å². The van der Waals surface area contributed by atoms with Crippen LogP contribution in [0.1, 0.15) is 49.4 Å². The highest BCUT2D eigenvalue weighted by atomic mass is 16.5. The fourth-order valence-corrected chi connectivity index (χ4v) is 2.90. The molecular formula is C16H24N2O2. The van der Waals surface area contributed by atoms with E-state index >= 15 is 0 Å². The van der Waals surface area contributed by atoms with Crippen LogP contribution in [0.15, 0.2) is 18.2 Å². The molecule has 1 aliphatic carbocycles. The normalized spacial score (nSPS) is 22.9. The van der Waals surface area contributed by atoms with Crippen LogP contribution < -0.4 is 11.1 Å². The van der Waals surface area contributed by atoms with Crippen molar-refractivity contribution in [2.45, 2.75) is 45.1 Å². The lowest BCUT2D eigenvalue weighted by atomic mass is 9.96. The van der Waals surface area contributed by atoms with E-state index in [2.05, 4.69) is 12.2 Å². The predicted molar refractivity (Wildman–Crippen MR) is 81.9 cm³/mol. The third-order valence-electron chi connectivity index (χ3n) is 4.19. The van der Waals surface area contributed by atoms with Crippen LogP contribution in [0.2, 0.25) is 0 Å². The molecule has 0 spiro atoms. The van der Waals surface area contributed by atoms with Crippen molar-refractivity contribution in [2.24, 2.45) is 5.92 Å². The van der Waals surface area contributed by atoms with Crippen molar-refractivity contribution in [2.75, 3.05) is 18.2 Å². The van der Waals surface area contributed by atoms with Gasteiger partial charge in [0.15, 0.2) is 0 Å². The van der Waals surface area contributed by atoms with Crippen molar-refractivity contribution in [3.05, 3.63) is 23.8 Å². The summed E-state index contributed by atoms with van der Waals surface area (Å²) in [6.45, 7) is 2.26. The Morgan fingerprint density at radius 3 is 2.80 bits per heavy atom. The SMILES string of the molecule is COC(=O)c1cccc(N)c1NC1CCCCCC1C. The molecular weight excluding hydrogens is 252 g/mol. The molecule has 0 aliphatic heterocycles. The maximum absolute atomic E-state index is 11.9. The van der Waals surface area contributed by atoms with E-state index in [9.17, 15) is 4.79 Å². The number of carbonyl (C=O) groups is 1. The first-order valence-electron chi connectivity index (χ1n) is 7.37. The van der Waals surface area contributed by atoms with E-state index in [1.54, 1.807) is 12.1 Å². The van der Waals surface area contributed by atoms with Crippen LogP contribution in [0.5, 0.6) is 0 Å². The summed E-state index contributed by atoms with van der Waals surface area (Å²) < 4.78 is 4.84. The largest absolute Gasteiger partial charge is 0.465 e. The van der Waals surface area contributed by atoms with Gasteiger partial charge >= 0.3 is 5.97 Å². The number of esters is 1. The van der Waals surface area contributed by atoms with Gasteiger partial charge in [-0.1, -0.05) is 32.3 Å². The predicted octanol–water partition coefficient (Wildman–Crippen LogP) is 3.44. The van der Waals surface area contributed by atoms with Gasteiger partial charge in [-0.2, -0.15) is 0 Å². The Labute approximate surface area is 120 Å². The highest BCUT2D eigenvalue weighted by Crippen LogP contribution is 2.30. The number of hydrogen-bond acceptors (Lipinski definition) is 4. The molecule has 0 bridgehead atoms. The molecule has 0 radical (unpaired) electrons. The number of rotatable bonds is 3. The average molecular weight is 276 g/mol. The van der Waals surface area contributed by atoms with Crippen LogP contribution in [0, 0.1) is 5.92 Å². The molecule has 0 aromatic heterocycles. The number of methoxy groups -OCH3 is 1. The molecule has 0 saturated heterocycles. The van der Waals surface area contributed by atoms with Crippen molar-refractivity contribution in [3.63, 3.8) is 0 Å². The smallest absolute Gasteiger partial charge is 0.340 e. The monoisotopic (exact) mass is 276 g/mol. The first-order valence-corrected chi connectivity index (χ1v) is 7.37. The number of nitrogen functional groups attached to an aromatic ring is 1. The van der Waals surface area contributed by atoms with E-state index in [1.165, 1.54) is 32.8 Å². The standard InChI is InChI=1S/C16H24N2O2/c1-11-7-4-3-5-10-14(11)18-15-12(16(19)20-2)8-6-9-13(15)17/h6,8-9,11,14,18H,3-5,7,10,17H2,1-2H3. The Kier molecular flexibility index (Phi) is 4.88. The maximum Gasteiger partial charge on any atom is 0.340 e. The quantitative estimate of drug-likeness (QED) is 0.504. The molecule has 3 N–H and O–H groups in total. The Hall–Kier alpha value is -1.71. The molecule has 2 rings (SSSR count). The van der Waals surface area contributed by atoms with Gasteiger partial charge in [-0.25, -0.2) is 4.79 Å². The minimum atomic E-state index is -0.346. The van der Waals surface area contributed by atoms with Gasteiger partial charge in [-0.15, -0.1) is 0 Å². The van der Waals surface area contributed by atoms with Gasteiger partial charge in [0.25, 0.3) is 0 Å². The molecule has 1 aromatic rings. The van der Waals surface area contributed by atoms with Gasteiger partial charge in [-0.3, -0.25) is 0 Å². The minimum Gasteiger partial charge on any atom is -0.465 e. The second-order valence-corrected chi connectivity index (χ2v) is 5.63. The summed E-state index contributed by atoms with van der Waals surface area (Å²) in [5, 5.41) is 3.50. The Morgan fingerprint density at radius 2 is 2.05 bits per heavy atom. The van der Waals surface area contributed by atoms with Gasteiger partial charge in [0.2, 0.25) is 0 Å².